The summed E-state index contributed by atoms with van der Waals surface area (Å²) >= 11 is 3.44. The predicted octanol–water partition coefficient (Wildman–Crippen LogP) is 2.39. The molecule has 0 bridgehead atoms. The highest BCUT2D eigenvalue weighted by molar-refractivity contribution is 9.10. The van der Waals surface area contributed by atoms with Gasteiger partial charge >= 0.3 is 0 Å². The van der Waals surface area contributed by atoms with Crippen molar-refractivity contribution in [1.29, 1.82) is 0 Å². The van der Waals surface area contributed by atoms with Crippen molar-refractivity contribution in [3.63, 3.8) is 0 Å². The summed E-state index contributed by atoms with van der Waals surface area (Å²) < 4.78 is 0.983. The van der Waals surface area contributed by atoms with Crippen LogP contribution in [0.2, 0.25) is 0 Å². The average molecular weight is 325 g/mol. The number of carbonyl (C=O) groups excluding carboxylic acids is 2. The molecule has 1 fully saturated rings. The summed E-state index contributed by atoms with van der Waals surface area (Å²) in [6.07, 6.45) is 0. The van der Waals surface area contributed by atoms with Gasteiger partial charge in [0.05, 0.1) is 0 Å². The second kappa shape index (κ2) is 4.63. The largest absolute Gasteiger partial charge is 0.340 e. The molecule has 1 aromatic rings. The zero-order valence-corrected chi connectivity index (χ0v) is 13.0. The Kier molecular flexibility index (Phi) is 3.43. The Labute approximate surface area is 121 Å². The molecule has 1 aromatic carbocycles. The molecule has 4 nitrogen and oxygen atoms in total. The van der Waals surface area contributed by atoms with Crippen LogP contribution in [0.15, 0.2) is 22.7 Å². The van der Waals surface area contributed by atoms with Crippen molar-refractivity contribution in [3.8, 4) is 0 Å². The van der Waals surface area contributed by atoms with Crippen LogP contribution >= 0.6 is 15.9 Å². The maximum absolute atomic E-state index is 12.5. The highest BCUT2D eigenvalue weighted by Crippen LogP contribution is 2.28. The van der Waals surface area contributed by atoms with E-state index < -0.39 is 11.6 Å². The standard InChI is InChI=1S/C14H17BrN2O2/c1-8-7-10(5-6-11(8)15)17-9(2)12(18)16-14(3,4)13(17)19/h5-7,9H,1-4H3,(H,16,18). The van der Waals surface area contributed by atoms with E-state index in [0.717, 1.165) is 15.7 Å². The fourth-order valence-corrected chi connectivity index (χ4v) is 2.43. The smallest absolute Gasteiger partial charge is 0.252 e. The zero-order chi connectivity index (χ0) is 14.4. The highest BCUT2D eigenvalue weighted by Gasteiger charge is 2.44. The Bertz CT molecular complexity index is 554. The van der Waals surface area contributed by atoms with Gasteiger partial charge in [-0.05, 0) is 51.5 Å². The number of carbonyl (C=O) groups is 2. The van der Waals surface area contributed by atoms with Crippen LogP contribution < -0.4 is 10.2 Å². The molecule has 1 aliphatic heterocycles. The van der Waals surface area contributed by atoms with E-state index in [1.54, 1.807) is 25.7 Å². The van der Waals surface area contributed by atoms with Crippen LogP contribution in [0, 0.1) is 6.92 Å². The molecular weight excluding hydrogens is 308 g/mol. The number of amides is 2. The Morgan fingerprint density at radius 1 is 1.32 bits per heavy atom. The van der Waals surface area contributed by atoms with Gasteiger partial charge in [0.2, 0.25) is 5.91 Å². The van der Waals surface area contributed by atoms with E-state index in [4.69, 9.17) is 0 Å². The van der Waals surface area contributed by atoms with Gasteiger partial charge in [-0.15, -0.1) is 0 Å². The summed E-state index contributed by atoms with van der Waals surface area (Å²) in [6.45, 7) is 7.13. The molecule has 0 aromatic heterocycles. The van der Waals surface area contributed by atoms with E-state index in [2.05, 4.69) is 21.2 Å². The van der Waals surface area contributed by atoms with Gasteiger partial charge in [0, 0.05) is 10.2 Å². The number of hydrogen-bond donors (Lipinski definition) is 1. The molecule has 0 saturated carbocycles. The molecule has 102 valence electrons. The number of piperazine rings is 1. The first kappa shape index (κ1) is 14.1. The number of nitrogens with one attached hydrogen (secondary N) is 1. The number of aryl methyl sites for hydroxylation is 1. The summed E-state index contributed by atoms with van der Waals surface area (Å²) in [5.41, 5.74) is 0.910. The quantitative estimate of drug-likeness (QED) is 0.862. The van der Waals surface area contributed by atoms with Crippen molar-refractivity contribution >= 4 is 33.4 Å². The molecular formula is C14H17BrN2O2. The average Bonchev–Trinajstić information content (AvgIpc) is 2.31. The molecule has 1 atom stereocenters. The number of rotatable bonds is 1. The van der Waals surface area contributed by atoms with Crippen molar-refractivity contribution in [2.75, 3.05) is 4.90 Å². The van der Waals surface area contributed by atoms with E-state index in [9.17, 15) is 9.59 Å². The third-order valence-corrected chi connectivity index (χ3v) is 4.27. The van der Waals surface area contributed by atoms with Crippen LogP contribution in [0.5, 0.6) is 0 Å². The molecule has 2 rings (SSSR count). The maximum atomic E-state index is 12.5. The Morgan fingerprint density at radius 2 is 1.95 bits per heavy atom. The monoisotopic (exact) mass is 324 g/mol. The van der Waals surface area contributed by atoms with E-state index >= 15 is 0 Å². The van der Waals surface area contributed by atoms with Crippen LogP contribution in [-0.4, -0.2) is 23.4 Å². The fraction of sp³-hybridized carbons (Fsp3) is 0.429. The van der Waals surface area contributed by atoms with Gasteiger partial charge in [-0.2, -0.15) is 0 Å². The van der Waals surface area contributed by atoms with Gasteiger partial charge in [-0.1, -0.05) is 15.9 Å². The second-order valence-electron chi connectivity index (χ2n) is 5.40. The minimum absolute atomic E-state index is 0.0960. The Balaban J connectivity index is 2.48. The zero-order valence-electron chi connectivity index (χ0n) is 11.5. The van der Waals surface area contributed by atoms with Crippen LogP contribution in [-0.2, 0) is 9.59 Å². The number of hydrogen-bond acceptors (Lipinski definition) is 2. The first-order valence-electron chi connectivity index (χ1n) is 6.16. The van der Waals surface area contributed by atoms with Gasteiger partial charge < -0.3 is 5.32 Å². The van der Waals surface area contributed by atoms with Crippen molar-refractivity contribution in [3.05, 3.63) is 28.2 Å². The Morgan fingerprint density at radius 3 is 2.53 bits per heavy atom. The summed E-state index contributed by atoms with van der Waals surface area (Å²) in [7, 11) is 0. The molecule has 0 radical (unpaired) electrons. The van der Waals surface area contributed by atoms with Gasteiger partial charge in [0.15, 0.2) is 0 Å². The fourth-order valence-electron chi connectivity index (χ4n) is 2.18. The van der Waals surface area contributed by atoms with E-state index in [-0.39, 0.29) is 11.8 Å². The van der Waals surface area contributed by atoms with E-state index in [1.165, 1.54) is 0 Å². The molecule has 0 aliphatic carbocycles. The third-order valence-electron chi connectivity index (χ3n) is 3.38. The lowest BCUT2D eigenvalue weighted by atomic mass is 9.96. The molecule has 1 N–H and O–H groups in total. The second-order valence-corrected chi connectivity index (χ2v) is 6.25. The number of halogens is 1. The summed E-state index contributed by atoms with van der Waals surface area (Å²) in [4.78, 5) is 26.0. The van der Waals surface area contributed by atoms with Gasteiger partial charge in [0.1, 0.15) is 11.6 Å². The lowest BCUT2D eigenvalue weighted by Gasteiger charge is -2.41. The van der Waals surface area contributed by atoms with Crippen LogP contribution in [0.1, 0.15) is 26.3 Å². The van der Waals surface area contributed by atoms with Crippen molar-refractivity contribution in [1.82, 2.24) is 5.32 Å². The van der Waals surface area contributed by atoms with Gasteiger partial charge in [0.25, 0.3) is 5.91 Å². The summed E-state index contributed by atoms with van der Waals surface area (Å²) in [6, 6.07) is 5.15. The lowest BCUT2D eigenvalue weighted by molar-refractivity contribution is -0.136. The molecule has 1 unspecified atom stereocenters. The first-order valence-corrected chi connectivity index (χ1v) is 6.95. The topological polar surface area (TPSA) is 49.4 Å². The van der Waals surface area contributed by atoms with Gasteiger partial charge in [-0.25, -0.2) is 0 Å². The number of anilines is 1. The Hall–Kier alpha value is -1.36. The molecule has 5 heteroatoms. The third kappa shape index (κ3) is 2.39. The molecule has 19 heavy (non-hydrogen) atoms. The molecule has 1 heterocycles. The van der Waals surface area contributed by atoms with Crippen LogP contribution in [0.25, 0.3) is 0 Å². The number of benzene rings is 1. The highest BCUT2D eigenvalue weighted by atomic mass is 79.9. The maximum Gasteiger partial charge on any atom is 0.252 e. The van der Waals surface area contributed by atoms with Crippen molar-refractivity contribution < 1.29 is 9.59 Å². The molecule has 0 spiro atoms. The minimum Gasteiger partial charge on any atom is -0.340 e. The van der Waals surface area contributed by atoms with Crippen molar-refractivity contribution in [2.24, 2.45) is 0 Å². The molecule has 1 aliphatic rings. The lowest BCUT2D eigenvalue weighted by Crippen LogP contribution is -2.67. The normalized spacial score (nSPS) is 22.4. The predicted molar refractivity (Wildman–Crippen MR) is 78.0 cm³/mol. The van der Waals surface area contributed by atoms with Crippen molar-refractivity contribution in [2.45, 2.75) is 39.3 Å². The minimum atomic E-state index is -0.870. The van der Waals surface area contributed by atoms with E-state index in [0.29, 0.717) is 0 Å². The van der Waals surface area contributed by atoms with Crippen LogP contribution in [0.4, 0.5) is 5.69 Å². The van der Waals surface area contributed by atoms with Crippen LogP contribution in [0.3, 0.4) is 0 Å². The SMILES string of the molecule is Cc1cc(N2C(=O)C(C)(C)NC(=O)C2C)ccc1Br. The summed E-state index contributed by atoms with van der Waals surface area (Å²) in [5.74, 6) is -0.230. The molecule has 1 saturated heterocycles. The number of nitrogens with zero attached hydrogens (tertiary/aromatic N) is 1. The van der Waals surface area contributed by atoms with Gasteiger partial charge in [-0.3, -0.25) is 14.5 Å². The molecule has 2 amide bonds. The summed E-state index contributed by atoms with van der Waals surface area (Å²) in [5, 5.41) is 2.74. The van der Waals surface area contributed by atoms with E-state index in [1.807, 2.05) is 25.1 Å². The first-order chi connectivity index (χ1) is 8.74.